The molecule has 0 aromatic heterocycles. The zero-order valence-electron chi connectivity index (χ0n) is 21.6. The molecule has 6 rings (SSSR count). The molecular formula is C29H45Br3O. The summed E-state index contributed by atoms with van der Waals surface area (Å²) in [6.07, 6.45) is 13.5. The van der Waals surface area contributed by atoms with Gasteiger partial charge in [-0.1, -0.05) is 82.4 Å². The summed E-state index contributed by atoms with van der Waals surface area (Å²) in [5.41, 5.74) is 1.64. The number of rotatable bonds is 5. The molecule has 6 aliphatic carbocycles. The first-order valence-electron chi connectivity index (χ1n) is 14.0. The summed E-state index contributed by atoms with van der Waals surface area (Å²) in [5, 5.41) is 0. The van der Waals surface area contributed by atoms with Gasteiger partial charge in [0.1, 0.15) is 3.23 Å². The fourth-order valence-corrected chi connectivity index (χ4v) is 15.3. The maximum Gasteiger partial charge on any atom is 0.101 e. The van der Waals surface area contributed by atoms with Crippen LogP contribution in [0.3, 0.4) is 0 Å². The minimum Gasteiger partial charge on any atom is -0.381 e. The molecule has 6 aliphatic rings. The van der Waals surface area contributed by atoms with E-state index in [4.69, 9.17) is 4.74 Å². The van der Waals surface area contributed by atoms with Crippen molar-refractivity contribution in [3.05, 3.63) is 0 Å². The Balaban J connectivity index is 1.23. The van der Waals surface area contributed by atoms with E-state index in [2.05, 4.69) is 82.4 Å². The fraction of sp³-hybridized carbons (Fsp3) is 1.00. The number of methoxy groups -OCH3 is 1. The molecule has 0 saturated heterocycles. The molecule has 33 heavy (non-hydrogen) atoms. The number of fused-ring (bicyclic) bond motifs is 4. The summed E-state index contributed by atoms with van der Waals surface area (Å²) in [4.78, 5) is 0. The van der Waals surface area contributed by atoms with Gasteiger partial charge in [0.15, 0.2) is 0 Å². The Morgan fingerprint density at radius 2 is 1.67 bits per heavy atom. The molecule has 0 radical (unpaired) electrons. The first kappa shape index (κ1) is 24.7. The Kier molecular flexibility index (Phi) is 5.61. The van der Waals surface area contributed by atoms with Crippen molar-refractivity contribution >= 4 is 47.8 Å². The minimum atomic E-state index is 0.0627. The zero-order chi connectivity index (χ0) is 23.8. The van der Waals surface area contributed by atoms with Crippen LogP contribution in [0.4, 0.5) is 0 Å². The van der Waals surface area contributed by atoms with Crippen LogP contribution in [-0.4, -0.2) is 20.8 Å². The van der Waals surface area contributed by atoms with Gasteiger partial charge < -0.3 is 4.74 Å². The average Bonchev–Trinajstić information content (AvgIpc) is 3.44. The van der Waals surface area contributed by atoms with Gasteiger partial charge in [-0.2, -0.15) is 0 Å². The van der Waals surface area contributed by atoms with E-state index in [1.807, 2.05) is 7.11 Å². The fourth-order valence-electron chi connectivity index (χ4n) is 11.7. The normalized spacial score (nSPS) is 58.9. The molecule has 0 N–H and O–H groups in total. The van der Waals surface area contributed by atoms with E-state index in [-0.39, 0.29) is 7.56 Å². The first-order valence-corrected chi connectivity index (χ1v) is 16.4. The van der Waals surface area contributed by atoms with Gasteiger partial charge in [0.05, 0.1) is 10.4 Å². The van der Waals surface area contributed by atoms with Gasteiger partial charge in [-0.15, -0.1) is 0 Å². The van der Waals surface area contributed by atoms with Crippen molar-refractivity contribution in [2.75, 3.05) is 7.11 Å². The summed E-state index contributed by atoms with van der Waals surface area (Å²) in [6.45, 7) is 12.7. The summed E-state index contributed by atoms with van der Waals surface area (Å²) >= 11 is 12.3. The molecule has 6 fully saturated rings. The second-order valence-corrected chi connectivity index (χ2v) is 19.2. The lowest BCUT2D eigenvalue weighted by atomic mass is 9.45. The average molecular weight is 649 g/mol. The lowest BCUT2D eigenvalue weighted by Gasteiger charge is -2.61. The molecule has 0 bridgehead atoms. The number of hydrogen-bond donors (Lipinski definition) is 0. The van der Waals surface area contributed by atoms with Gasteiger partial charge in [-0.05, 0) is 110 Å². The van der Waals surface area contributed by atoms with Crippen LogP contribution in [-0.2, 0) is 4.74 Å². The van der Waals surface area contributed by atoms with Crippen molar-refractivity contribution in [2.45, 2.75) is 106 Å². The predicted octanol–water partition coefficient (Wildman–Crippen LogP) is 9.20. The van der Waals surface area contributed by atoms with Crippen LogP contribution in [0.5, 0.6) is 0 Å². The second-order valence-electron chi connectivity index (χ2n) is 14.3. The second kappa shape index (κ2) is 7.49. The number of halogens is 3. The number of hydrogen-bond acceptors (Lipinski definition) is 1. The molecule has 12 atom stereocenters. The largest absolute Gasteiger partial charge is 0.381 e. The van der Waals surface area contributed by atoms with Crippen LogP contribution < -0.4 is 0 Å². The summed E-state index contributed by atoms with van der Waals surface area (Å²) in [6, 6.07) is 0. The Bertz CT molecular complexity index is 828. The zero-order valence-corrected chi connectivity index (χ0v) is 26.4. The summed E-state index contributed by atoms with van der Waals surface area (Å²) in [5.74, 6) is 6.72. The first-order chi connectivity index (χ1) is 15.4. The van der Waals surface area contributed by atoms with Gasteiger partial charge in [0, 0.05) is 18.4 Å². The van der Waals surface area contributed by atoms with Gasteiger partial charge in [-0.3, -0.25) is 0 Å². The van der Waals surface area contributed by atoms with Crippen molar-refractivity contribution < 1.29 is 4.74 Å². The van der Waals surface area contributed by atoms with E-state index in [1.165, 1.54) is 57.8 Å². The maximum absolute atomic E-state index is 6.33. The Morgan fingerprint density at radius 3 is 2.27 bits per heavy atom. The third kappa shape index (κ3) is 2.85. The van der Waals surface area contributed by atoms with Gasteiger partial charge in [-0.25, -0.2) is 0 Å². The molecule has 0 aromatic rings. The maximum atomic E-state index is 6.33. The predicted molar refractivity (Wildman–Crippen MR) is 148 cm³/mol. The number of alkyl halides is 3. The minimum absolute atomic E-state index is 0.0627. The van der Waals surface area contributed by atoms with Crippen LogP contribution >= 0.6 is 47.8 Å². The number of ether oxygens (including phenoxy) is 1. The Hall–Kier alpha value is 1.40. The molecule has 0 aromatic carbocycles. The van der Waals surface area contributed by atoms with Crippen LogP contribution in [0, 0.1) is 63.6 Å². The van der Waals surface area contributed by atoms with Gasteiger partial charge in [0.25, 0.3) is 0 Å². The molecule has 1 nitrogen and oxygen atoms in total. The van der Waals surface area contributed by atoms with E-state index in [0.29, 0.717) is 34.2 Å². The standard InChI is InChI=1S/C29H45Br3O/c1-16(2)28(30)23(29(28,31)32)13-17(3)20-7-8-21-19-14-24(33-6)27-15-18(27)9-12-26(27,5)22(19)10-11-25(20,21)4/h16-24H,7-15H2,1-6H3/t17-,18?,19+,20-,21+,22+,23+,24-,25-,26-,27?,28-/m1/s1. The van der Waals surface area contributed by atoms with E-state index in [0.717, 1.165) is 35.5 Å². The SMILES string of the molecule is CO[C@@H]1C[C@H]2[C@@H]3CC[C@H]([C@H](C)C[C@@H]4C(Br)(Br)[C@@]4(Br)C(C)C)[C@@]3(C)CC[C@@H]2[C@@]2(C)CCC3CC312. The van der Waals surface area contributed by atoms with Crippen molar-refractivity contribution in [3.63, 3.8) is 0 Å². The van der Waals surface area contributed by atoms with Crippen molar-refractivity contribution in [1.82, 2.24) is 0 Å². The van der Waals surface area contributed by atoms with Gasteiger partial charge in [0.2, 0.25) is 0 Å². The van der Waals surface area contributed by atoms with Gasteiger partial charge >= 0.3 is 0 Å². The van der Waals surface area contributed by atoms with E-state index in [9.17, 15) is 0 Å². The van der Waals surface area contributed by atoms with Crippen LogP contribution in [0.1, 0.15) is 92.4 Å². The highest BCUT2D eigenvalue weighted by Crippen LogP contribution is 2.82. The van der Waals surface area contributed by atoms with Crippen LogP contribution in [0.25, 0.3) is 0 Å². The molecule has 1 spiro atoms. The monoisotopic (exact) mass is 646 g/mol. The molecule has 0 aliphatic heterocycles. The highest BCUT2D eigenvalue weighted by molar-refractivity contribution is 9.26. The smallest absolute Gasteiger partial charge is 0.101 e. The molecule has 0 amide bonds. The topological polar surface area (TPSA) is 9.23 Å². The summed E-state index contributed by atoms with van der Waals surface area (Å²) < 4.78 is 6.58. The molecule has 188 valence electrons. The molecule has 0 heterocycles. The molecular weight excluding hydrogens is 604 g/mol. The summed E-state index contributed by atoms with van der Waals surface area (Å²) in [7, 11) is 2.03. The molecule has 4 heteroatoms. The lowest BCUT2D eigenvalue weighted by molar-refractivity contribution is -0.161. The Labute approximate surface area is 228 Å². The van der Waals surface area contributed by atoms with Crippen LogP contribution in [0.2, 0.25) is 0 Å². The van der Waals surface area contributed by atoms with E-state index >= 15 is 0 Å². The van der Waals surface area contributed by atoms with Crippen molar-refractivity contribution in [3.8, 4) is 0 Å². The highest BCUT2D eigenvalue weighted by atomic mass is 79.9. The van der Waals surface area contributed by atoms with Crippen molar-refractivity contribution in [1.29, 1.82) is 0 Å². The molecule has 6 saturated carbocycles. The van der Waals surface area contributed by atoms with Crippen molar-refractivity contribution in [2.24, 2.45) is 63.6 Å². The third-order valence-electron chi connectivity index (χ3n) is 13.4. The third-order valence-corrected chi connectivity index (χ3v) is 19.0. The highest BCUT2D eigenvalue weighted by Gasteiger charge is 2.78. The van der Waals surface area contributed by atoms with E-state index in [1.54, 1.807) is 0 Å². The lowest BCUT2D eigenvalue weighted by Crippen LogP contribution is -2.57. The van der Waals surface area contributed by atoms with Crippen LogP contribution in [0.15, 0.2) is 0 Å². The quantitative estimate of drug-likeness (QED) is 0.270. The van der Waals surface area contributed by atoms with E-state index < -0.39 is 0 Å². The molecule has 2 unspecified atom stereocenters. The Morgan fingerprint density at radius 1 is 0.939 bits per heavy atom.